The highest BCUT2D eigenvalue weighted by Gasteiger charge is 2.25. The first kappa shape index (κ1) is 15.7. The fourth-order valence-electron chi connectivity index (χ4n) is 1.89. The molecule has 0 fully saturated rings. The summed E-state index contributed by atoms with van der Waals surface area (Å²) in [7, 11) is 3.06. The Balaban J connectivity index is 2.89. The lowest BCUT2D eigenvalue weighted by molar-refractivity contribution is -0.143. The van der Waals surface area contributed by atoms with E-state index in [0.29, 0.717) is 12.5 Å². The highest BCUT2D eigenvalue weighted by atomic mass is 16.5. The Morgan fingerprint density at radius 3 is 2.32 bits per heavy atom. The van der Waals surface area contributed by atoms with Gasteiger partial charge in [0.1, 0.15) is 6.04 Å². The van der Waals surface area contributed by atoms with E-state index in [-0.39, 0.29) is 12.0 Å². The Hall–Kier alpha value is -1.39. The second kappa shape index (κ2) is 7.92. The van der Waals surface area contributed by atoms with E-state index in [0.717, 1.165) is 5.56 Å². The van der Waals surface area contributed by atoms with Crippen LogP contribution in [0.3, 0.4) is 0 Å². The highest BCUT2D eigenvalue weighted by molar-refractivity contribution is 5.77. The van der Waals surface area contributed by atoms with Gasteiger partial charge in [0.2, 0.25) is 0 Å². The first-order chi connectivity index (χ1) is 9.10. The number of hydrogen-bond acceptors (Lipinski definition) is 4. The molecule has 0 radical (unpaired) electrons. The average molecular weight is 265 g/mol. The largest absolute Gasteiger partial charge is 0.468 e. The minimum atomic E-state index is -0.464. The molecule has 0 aromatic heterocycles. The van der Waals surface area contributed by atoms with Gasteiger partial charge in [0.15, 0.2) is 0 Å². The maximum atomic E-state index is 11.9. The van der Waals surface area contributed by atoms with Crippen LogP contribution in [0.4, 0.5) is 0 Å². The molecular weight excluding hydrogens is 242 g/mol. The predicted molar refractivity (Wildman–Crippen MR) is 74.8 cm³/mol. The fraction of sp³-hybridized carbons (Fsp3) is 0.533. The molecular formula is C15H23NO3. The zero-order valence-corrected chi connectivity index (χ0v) is 12.1. The van der Waals surface area contributed by atoms with Gasteiger partial charge in [-0.1, -0.05) is 44.2 Å². The van der Waals surface area contributed by atoms with E-state index < -0.39 is 6.04 Å². The van der Waals surface area contributed by atoms with E-state index in [1.165, 1.54) is 7.11 Å². The quantitative estimate of drug-likeness (QED) is 0.768. The number of hydrogen-bond donors (Lipinski definition) is 1. The van der Waals surface area contributed by atoms with Gasteiger partial charge < -0.3 is 9.47 Å². The van der Waals surface area contributed by atoms with E-state index in [1.54, 1.807) is 7.11 Å². The van der Waals surface area contributed by atoms with Crippen LogP contribution in [-0.4, -0.2) is 32.8 Å². The van der Waals surface area contributed by atoms with Crippen molar-refractivity contribution in [3.63, 3.8) is 0 Å². The molecule has 2 unspecified atom stereocenters. The minimum absolute atomic E-state index is 0.0920. The molecule has 4 heteroatoms. The van der Waals surface area contributed by atoms with Gasteiger partial charge in [-0.25, -0.2) is 4.79 Å². The average Bonchev–Trinajstić information content (AvgIpc) is 2.43. The van der Waals surface area contributed by atoms with Crippen LogP contribution < -0.4 is 5.32 Å². The molecule has 0 amide bonds. The zero-order valence-electron chi connectivity index (χ0n) is 12.1. The fourth-order valence-corrected chi connectivity index (χ4v) is 1.89. The van der Waals surface area contributed by atoms with Crippen LogP contribution in [0.15, 0.2) is 30.3 Å². The molecule has 1 aromatic rings. The number of carbonyl (C=O) groups is 1. The Bertz CT molecular complexity index is 378. The Morgan fingerprint density at radius 2 is 1.84 bits per heavy atom. The van der Waals surface area contributed by atoms with Gasteiger partial charge in [-0.05, 0) is 11.5 Å². The number of methoxy groups -OCH3 is 2. The number of benzene rings is 1. The summed E-state index contributed by atoms with van der Waals surface area (Å²) < 4.78 is 10.1. The minimum Gasteiger partial charge on any atom is -0.468 e. The standard InChI is InChI=1S/C15H23NO3/c1-11(2)13(10-18-3)16-14(15(17)19-4)12-8-6-5-7-9-12/h5-9,11,13-14,16H,10H2,1-4H3. The van der Waals surface area contributed by atoms with Gasteiger partial charge in [0.25, 0.3) is 0 Å². The SMILES string of the molecule is COCC(NC(C(=O)OC)c1ccccc1)C(C)C. The Labute approximate surface area is 115 Å². The van der Waals surface area contributed by atoms with Crippen LogP contribution in [0.1, 0.15) is 25.5 Å². The van der Waals surface area contributed by atoms with Gasteiger partial charge >= 0.3 is 5.97 Å². The Morgan fingerprint density at radius 1 is 1.21 bits per heavy atom. The molecule has 1 rings (SSSR count). The van der Waals surface area contributed by atoms with Crippen LogP contribution >= 0.6 is 0 Å². The number of rotatable bonds is 7. The first-order valence-electron chi connectivity index (χ1n) is 6.48. The maximum Gasteiger partial charge on any atom is 0.327 e. The van der Waals surface area contributed by atoms with E-state index in [2.05, 4.69) is 19.2 Å². The lowest BCUT2D eigenvalue weighted by atomic mass is 10.0. The zero-order chi connectivity index (χ0) is 14.3. The van der Waals surface area contributed by atoms with Crippen molar-refractivity contribution in [1.29, 1.82) is 0 Å². The molecule has 4 nitrogen and oxygen atoms in total. The normalized spacial score (nSPS) is 14.2. The molecule has 1 N–H and O–H groups in total. The molecule has 19 heavy (non-hydrogen) atoms. The van der Waals surface area contributed by atoms with Crippen LogP contribution in [-0.2, 0) is 14.3 Å². The second-order valence-corrected chi connectivity index (χ2v) is 4.84. The topological polar surface area (TPSA) is 47.6 Å². The summed E-state index contributed by atoms with van der Waals surface area (Å²) in [5, 5.41) is 3.32. The molecule has 0 aliphatic carbocycles. The van der Waals surface area contributed by atoms with E-state index >= 15 is 0 Å². The van der Waals surface area contributed by atoms with E-state index in [1.807, 2.05) is 30.3 Å². The van der Waals surface area contributed by atoms with Gasteiger partial charge in [-0.2, -0.15) is 0 Å². The van der Waals surface area contributed by atoms with E-state index in [9.17, 15) is 4.79 Å². The van der Waals surface area contributed by atoms with Crippen molar-refractivity contribution in [2.75, 3.05) is 20.8 Å². The van der Waals surface area contributed by atoms with E-state index in [4.69, 9.17) is 9.47 Å². The summed E-state index contributed by atoms with van der Waals surface area (Å²) in [6.45, 7) is 4.74. The van der Waals surface area contributed by atoms with Crippen LogP contribution in [0.5, 0.6) is 0 Å². The Kier molecular flexibility index (Phi) is 6.53. The van der Waals surface area contributed by atoms with Crippen molar-refractivity contribution < 1.29 is 14.3 Å². The summed E-state index contributed by atoms with van der Waals surface area (Å²) in [4.78, 5) is 11.9. The van der Waals surface area contributed by atoms with Gasteiger partial charge in [0, 0.05) is 13.2 Å². The van der Waals surface area contributed by atoms with Crippen molar-refractivity contribution in [3.8, 4) is 0 Å². The number of nitrogens with one attached hydrogen (secondary N) is 1. The third kappa shape index (κ3) is 4.65. The van der Waals surface area contributed by atoms with Gasteiger partial charge in [0.05, 0.1) is 13.7 Å². The van der Waals surface area contributed by atoms with Gasteiger partial charge in [-0.15, -0.1) is 0 Å². The van der Waals surface area contributed by atoms with Crippen molar-refractivity contribution >= 4 is 5.97 Å². The molecule has 0 saturated carbocycles. The van der Waals surface area contributed by atoms with Crippen molar-refractivity contribution in [2.24, 2.45) is 5.92 Å². The molecule has 2 atom stereocenters. The van der Waals surface area contributed by atoms with Crippen molar-refractivity contribution in [2.45, 2.75) is 25.9 Å². The van der Waals surface area contributed by atoms with Crippen LogP contribution in [0.25, 0.3) is 0 Å². The first-order valence-corrected chi connectivity index (χ1v) is 6.48. The summed E-state index contributed by atoms with van der Waals surface area (Å²) in [5.74, 6) is 0.0729. The maximum absolute atomic E-state index is 11.9. The van der Waals surface area contributed by atoms with Crippen LogP contribution in [0.2, 0.25) is 0 Å². The third-order valence-electron chi connectivity index (χ3n) is 3.10. The lowest BCUT2D eigenvalue weighted by Gasteiger charge is -2.26. The number of esters is 1. The summed E-state index contributed by atoms with van der Waals surface area (Å²) in [5.41, 5.74) is 0.899. The lowest BCUT2D eigenvalue weighted by Crippen LogP contribution is -2.43. The van der Waals surface area contributed by atoms with Gasteiger partial charge in [-0.3, -0.25) is 5.32 Å². The molecule has 1 aromatic carbocycles. The summed E-state index contributed by atoms with van der Waals surface area (Å²) in [6, 6.07) is 9.20. The molecule has 0 saturated heterocycles. The van der Waals surface area contributed by atoms with Crippen molar-refractivity contribution in [1.82, 2.24) is 5.32 Å². The molecule has 0 aliphatic rings. The molecule has 0 heterocycles. The van der Waals surface area contributed by atoms with Crippen LogP contribution in [0, 0.1) is 5.92 Å². The smallest absolute Gasteiger partial charge is 0.327 e. The second-order valence-electron chi connectivity index (χ2n) is 4.84. The highest BCUT2D eigenvalue weighted by Crippen LogP contribution is 2.17. The molecule has 0 spiro atoms. The molecule has 106 valence electrons. The molecule has 0 bridgehead atoms. The number of ether oxygens (including phenoxy) is 2. The summed E-state index contributed by atoms with van der Waals surface area (Å²) >= 11 is 0. The molecule has 0 aliphatic heterocycles. The number of carbonyl (C=O) groups excluding carboxylic acids is 1. The monoisotopic (exact) mass is 265 g/mol. The third-order valence-corrected chi connectivity index (χ3v) is 3.10. The summed E-state index contributed by atoms with van der Waals surface area (Å²) in [6.07, 6.45) is 0. The predicted octanol–water partition coefficient (Wildman–Crippen LogP) is 2.16. The van der Waals surface area contributed by atoms with Crippen molar-refractivity contribution in [3.05, 3.63) is 35.9 Å².